The molecule has 7 heteroatoms. The Kier molecular flexibility index (Phi) is 3.04. The summed E-state index contributed by atoms with van der Waals surface area (Å²) in [6.45, 7) is 5.79. The number of aromatic nitrogens is 3. The van der Waals surface area contributed by atoms with Crippen LogP contribution < -0.4 is 5.32 Å². The van der Waals surface area contributed by atoms with E-state index in [0.29, 0.717) is 11.7 Å². The van der Waals surface area contributed by atoms with Gasteiger partial charge in [-0.2, -0.15) is 0 Å². The molecule has 1 aromatic rings. The van der Waals surface area contributed by atoms with Crippen LogP contribution >= 0.6 is 0 Å². The molecule has 21 heavy (non-hydrogen) atoms. The van der Waals surface area contributed by atoms with Crippen LogP contribution in [0.3, 0.4) is 0 Å². The molecule has 1 saturated carbocycles. The third-order valence-corrected chi connectivity index (χ3v) is 4.70. The molecular formula is C14H21N5O2. The average molecular weight is 291 g/mol. The normalized spacial score (nSPS) is 25.9. The Morgan fingerprint density at radius 3 is 2.52 bits per heavy atom. The number of carbonyl (C=O) groups excluding carboxylic acids is 2. The Hall–Kier alpha value is -1.92. The molecule has 0 radical (unpaired) electrons. The first-order valence-electron chi connectivity index (χ1n) is 7.37. The van der Waals surface area contributed by atoms with E-state index in [2.05, 4.69) is 15.5 Å². The van der Waals surface area contributed by atoms with Gasteiger partial charge in [0.15, 0.2) is 5.82 Å². The lowest BCUT2D eigenvalue weighted by Crippen LogP contribution is -2.48. The van der Waals surface area contributed by atoms with Crippen LogP contribution in [0.4, 0.5) is 4.79 Å². The van der Waals surface area contributed by atoms with E-state index in [4.69, 9.17) is 0 Å². The van der Waals surface area contributed by atoms with Crippen LogP contribution in [0.2, 0.25) is 0 Å². The predicted octanol–water partition coefficient (Wildman–Crippen LogP) is 1.16. The molecule has 2 aliphatic rings. The minimum atomic E-state index is -0.838. The zero-order valence-electron chi connectivity index (χ0n) is 12.9. The summed E-state index contributed by atoms with van der Waals surface area (Å²) < 4.78 is 1.91. The second-order valence-corrected chi connectivity index (χ2v) is 6.49. The summed E-state index contributed by atoms with van der Waals surface area (Å²) in [6, 6.07) is -0.354. The first-order valence-corrected chi connectivity index (χ1v) is 7.37. The SMILES string of the molecule is CC(C)[C@]1(C)NC(=O)N(Cc2nnc(C3CC3)n2C)C1=O. The van der Waals surface area contributed by atoms with Gasteiger partial charge in [0.1, 0.15) is 11.4 Å². The van der Waals surface area contributed by atoms with Crippen LogP contribution in [0.1, 0.15) is 51.2 Å². The standard InChI is InChI=1S/C14H21N5O2/c1-8(2)14(3)12(20)19(13(21)15-14)7-10-16-17-11(18(10)4)9-5-6-9/h8-9H,5-7H2,1-4H3,(H,15,21)/t14-/m0/s1. The molecule has 0 bridgehead atoms. The van der Waals surface area contributed by atoms with E-state index in [0.717, 1.165) is 18.7 Å². The third kappa shape index (κ3) is 2.11. The number of nitrogens with one attached hydrogen (secondary N) is 1. The fraction of sp³-hybridized carbons (Fsp3) is 0.714. The number of amides is 3. The third-order valence-electron chi connectivity index (χ3n) is 4.70. The number of nitrogens with zero attached hydrogens (tertiary/aromatic N) is 4. The van der Waals surface area contributed by atoms with E-state index in [-0.39, 0.29) is 24.4 Å². The summed E-state index contributed by atoms with van der Waals surface area (Å²) in [4.78, 5) is 25.9. The fourth-order valence-corrected chi connectivity index (χ4v) is 2.60. The maximum absolute atomic E-state index is 12.5. The number of urea groups is 1. The van der Waals surface area contributed by atoms with Crippen molar-refractivity contribution in [2.45, 2.75) is 51.6 Å². The van der Waals surface area contributed by atoms with Gasteiger partial charge in [0, 0.05) is 13.0 Å². The van der Waals surface area contributed by atoms with E-state index in [1.807, 2.05) is 25.5 Å². The maximum Gasteiger partial charge on any atom is 0.325 e. The maximum atomic E-state index is 12.5. The molecule has 3 rings (SSSR count). The topological polar surface area (TPSA) is 80.1 Å². The van der Waals surface area contributed by atoms with E-state index < -0.39 is 5.54 Å². The van der Waals surface area contributed by atoms with Crippen LogP contribution in [0.15, 0.2) is 0 Å². The highest BCUT2D eigenvalue weighted by molar-refractivity contribution is 6.06. The Morgan fingerprint density at radius 2 is 2.00 bits per heavy atom. The monoisotopic (exact) mass is 291 g/mol. The largest absolute Gasteiger partial charge is 0.325 e. The molecule has 0 spiro atoms. The van der Waals surface area contributed by atoms with Gasteiger partial charge in [0.2, 0.25) is 0 Å². The van der Waals surface area contributed by atoms with Crippen molar-refractivity contribution in [3.8, 4) is 0 Å². The van der Waals surface area contributed by atoms with Crippen molar-refractivity contribution < 1.29 is 9.59 Å². The molecule has 2 fully saturated rings. The fourth-order valence-electron chi connectivity index (χ4n) is 2.60. The molecule has 1 aliphatic heterocycles. The summed E-state index contributed by atoms with van der Waals surface area (Å²) in [6.07, 6.45) is 2.28. The van der Waals surface area contributed by atoms with E-state index in [1.54, 1.807) is 6.92 Å². The molecule has 0 aromatic carbocycles. The van der Waals surface area contributed by atoms with Crippen molar-refractivity contribution in [3.63, 3.8) is 0 Å². The molecule has 1 N–H and O–H groups in total. The van der Waals surface area contributed by atoms with Gasteiger partial charge in [-0.3, -0.25) is 9.69 Å². The van der Waals surface area contributed by atoms with Crippen LogP contribution in [-0.4, -0.2) is 37.1 Å². The number of hydrogen-bond acceptors (Lipinski definition) is 4. The quantitative estimate of drug-likeness (QED) is 0.844. The zero-order chi connectivity index (χ0) is 15.4. The van der Waals surface area contributed by atoms with Crippen LogP contribution in [0.5, 0.6) is 0 Å². The Bertz CT molecular complexity index is 605. The molecule has 0 unspecified atom stereocenters. The van der Waals surface area contributed by atoms with Crippen molar-refractivity contribution in [1.29, 1.82) is 0 Å². The zero-order valence-corrected chi connectivity index (χ0v) is 12.9. The van der Waals surface area contributed by atoms with Gasteiger partial charge < -0.3 is 9.88 Å². The number of carbonyl (C=O) groups is 2. The second kappa shape index (κ2) is 4.54. The highest BCUT2D eigenvalue weighted by atomic mass is 16.2. The van der Waals surface area contributed by atoms with Crippen LogP contribution in [0, 0.1) is 5.92 Å². The molecule has 1 aromatic heterocycles. The Balaban J connectivity index is 1.82. The second-order valence-electron chi connectivity index (χ2n) is 6.49. The van der Waals surface area contributed by atoms with Crippen LogP contribution in [-0.2, 0) is 18.4 Å². The first kappa shape index (κ1) is 14.0. The highest BCUT2D eigenvalue weighted by Gasteiger charge is 2.50. The van der Waals surface area contributed by atoms with Crippen molar-refractivity contribution in [2.24, 2.45) is 13.0 Å². The summed E-state index contributed by atoms with van der Waals surface area (Å²) in [5.74, 6) is 1.91. The van der Waals surface area contributed by atoms with Gasteiger partial charge in [0.05, 0.1) is 6.54 Å². The van der Waals surface area contributed by atoms with Gasteiger partial charge in [-0.05, 0) is 25.7 Å². The van der Waals surface area contributed by atoms with Crippen molar-refractivity contribution in [2.75, 3.05) is 0 Å². The molecule has 1 aliphatic carbocycles. The molecule has 7 nitrogen and oxygen atoms in total. The lowest BCUT2D eigenvalue weighted by molar-refractivity contribution is -0.132. The molecule has 2 heterocycles. The van der Waals surface area contributed by atoms with E-state index >= 15 is 0 Å². The molecule has 3 amide bonds. The van der Waals surface area contributed by atoms with Crippen molar-refractivity contribution >= 4 is 11.9 Å². The van der Waals surface area contributed by atoms with Gasteiger partial charge >= 0.3 is 6.03 Å². The average Bonchev–Trinajstić information content (AvgIpc) is 3.15. The number of imide groups is 1. The van der Waals surface area contributed by atoms with Crippen molar-refractivity contribution in [1.82, 2.24) is 25.0 Å². The summed E-state index contributed by atoms with van der Waals surface area (Å²) in [5, 5.41) is 11.1. The first-order chi connectivity index (χ1) is 9.84. The molecule has 1 atom stereocenters. The summed E-state index contributed by atoms with van der Waals surface area (Å²) in [7, 11) is 1.89. The molecule has 1 saturated heterocycles. The summed E-state index contributed by atoms with van der Waals surface area (Å²) in [5.41, 5.74) is -0.838. The number of rotatable bonds is 4. The van der Waals surface area contributed by atoms with Crippen molar-refractivity contribution in [3.05, 3.63) is 11.6 Å². The Morgan fingerprint density at radius 1 is 1.33 bits per heavy atom. The van der Waals surface area contributed by atoms with Crippen LogP contribution in [0.25, 0.3) is 0 Å². The van der Waals surface area contributed by atoms with Gasteiger partial charge in [-0.1, -0.05) is 13.8 Å². The predicted molar refractivity (Wildman–Crippen MR) is 75.3 cm³/mol. The minimum Gasteiger partial charge on any atom is -0.323 e. The smallest absolute Gasteiger partial charge is 0.323 e. The van der Waals surface area contributed by atoms with Gasteiger partial charge in [-0.15, -0.1) is 10.2 Å². The lowest BCUT2D eigenvalue weighted by Gasteiger charge is -2.25. The van der Waals surface area contributed by atoms with E-state index in [9.17, 15) is 9.59 Å². The Labute approximate surface area is 123 Å². The van der Waals surface area contributed by atoms with Gasteiger partial charge in [0.25, 0.3) is 5.91 Å². The minimum absolute atomic E-state index is 0.0282. The summed E-state index contributed by atoms with van der Waals surface area (Å²) >= 11 is 0. The lowest BCUT2D eigenvalue weighted by atomic mass is 9.88. The van der Waals surface area contributed by atoms with Gasteiger partial charge in [-0.25, -0.2) is 4.79 Å². The van der Waals surface area contributed by atoms with E-state index in [1.165, 1.54) is 4.90 Å². The molecule has 114 valence electrons. The number of hydrogen-bond donors (Lipinski definition) is 1. The highest BCUT2D eigenvalue weighted by Crippen LogP contribution is 2.39. The molecular weight excluding hydrogens is 270 g/mol.